The molecule has 0 bridgehead atoms. The van der Waals surface area contributed by atoms with Crippen LogP contribution in [0.2, 0.25) is 0 Å². The molecular formula is C9H17ClN2O. The molecule has 2 fully saturated rings. The van der Waals surface area contributed by atoms with Crippen LogP contribution in [0, 0.1) is 5.92 Å². The van der Waals surface area contributed by atoms with Crippen LogP contribution in [0.5, 0.6) is 0 Å². The van der Waals surface area contributed by atoms with Crippen molar-refractivity contribution in [2.45, 2.75) is 19.3 Å². The molecule has 1 amide bonds. The molecule has 2 aliphatic rings. The second-order valence-corrected chi connectivity index (χ2v) is 3.78. The number of hydrogen-bond donors (Lipinski definition) is 1. The molecule has 0 radical (unpaired) electrons. The number of halogens is 1. The Hall–Kier alpha value is -0.280. The van der Waals surface area contributed by atoms with E-state index in [1.54, 1.807) is 0 Å². The molecule has 1 aliphatic carbocycles. The Morgan fingerprint density at radius 1 is 1.38 bits per heavy atom. The van der Waals surface area contributed by atoms with Gasteiger partial charge in [0.05, 0.1) is 0 Å². The molecule has 3 nitrogen and oxygen atoms in total. The topological polar surface area (TPSA) is 32.3 Å². The third kappa shape index (κ3) is 3.16. The summed E-state index contributed by atoms with van der Waals surface area (Å²) >= 11 is 0. The van der Waals surface area contributed by atoms with Crippen molar-refractivity contribution in [2.24, 2.45) is 5.92 Å². The van der Waals surface area contributed by atoms with E-state index in [1.807, 2.05) is 4.90 Å². The van der Waals surface area contributed by atoms with Crippen molar-refractivity contribution < 1.29 is 4.79 Å². The molecular weight excluding hydrogens is 188 g/mol. The van der Waals surface area contributed by atoms with Crippen LogP contribution in [0.4, 0.5) is 0 Å². The van der Waals surface area contributed by atoms with Crippen molar-refractivity contribution >= 4 is 18.3 Å². The zero-order chi connectivity index (χ0) is 8.39. The van der Waals surface area contributed by atoms with Crippen molar-refractivity contribution in [3.63, 3.8) is 0 Å². The van der Waals surface area contributed by atoms with Gasteiger partial charge < -0.3 is 10.2 Å². The zero-order valence-electron chi connectivity index (χ0n) is 7.79. The van der Waals surface area contributed by atoms with E-state index in [9.17, 15) is 4.79 Å². The van der Waals surface area contributed by atoms with E-state index < -0.39 is 0 Å². The lowest BCUT2D eigenvalue weighted by molar-refractivity contribution is -0.130. The summed E-state index contributed by atoms with van der Waals surface area (Å²) in [7, 11) is 0. The van der Waals surface area contributed by atoms with Gasteiger partial charge in [-0.05, 0) is 18.8 Å². The number of amides is 1. The van der Waals surface area contributed by atoms with E-state index in [0.29, 0.717) is 12.3 Å². The molecule has 4 heteroatoms. The molecule has 1 heterocycles. The summed E-state index contributed by atoms with van der Waals surface area (Å²) in [5, 5.41) is 3.24. The van der Waals surface area contributed by atoms with Gasteiger partial charge in [-0.3, -0.25) is 4.79 Å². The lowest BCUT2D eigenvalue weighted by Crippen LogP contribution is -2.34. The number of carbonyl (C=O) groups is 1. The van der Waals surface area contributed by atoms with Gasteiger partial charge in [-0.15, -0.1) is 12.4 Å². The number of rotatable bonds is 2. The molecule has 2 rings (SSSR count). The molecule has 1 aliphatic heterocycles. The van der Waals surface area contributed by atoms with Crippen LogP contribution < -0.4 is 5.32 Å². The van der Waals surface area contributed by atoms with Gasteiger partial charge in [0.1, 0.15) is 0 Å². The molecule has 0 spiro atoms. The van der Waals surface area contributed by atoms with E-state index >= 15 is 0 Å². The van der Waals surface area contributed by atoms with Crippen molar-refractivity contribution in [3.8, 4) is 0 Å². The van der Waals surface area contributed by atoms with Crippen molar-refractivity contribution in [1.29, 1.82) is 0 Å². The second-order valence-electron chi connectivity index (χ2n) is 3.78. The predicted octanol–water partition coefficient (Wildman–Crippen LogP) is 0.640. The van der Waals surface area contributed by atoms with E-state index in [2.05, 4.69) is 5.32 Å². The Labute approximate surface area is 85.3 Å². The summed E-state index contributed by atoms with van der Waals surface area (Å²) in [6, 6.07) is 0. The molecule has 0 aromatic heterocycles. The molecule has 0 atom stereocenters. The highest BCUT2D eigenvalue weighted by molar-refractivity contribution is 5.85. The van der Waals surface area contributed by atoms with Gasteiger partial charge in [-0.2, -0.15) is 0 Å². The first kappa shape index (κ1) is 10.8. The number of nitrogens with zero attached hydrogens (tertiary/aromatic N) is 1. The zero-order valence-corrected chi connectivity index (χ0v) is 8.61. The maximum atomic E-state index is 11.5. The Morgan fingerprint density at radius 2 is 2.15 bits per heavy atom. The summed E-state index contributed by atoms with van der Waals surface area (Å²) in [5.74, 6) is 1.17. The third-order valence-electron chi connectivity index (χ3n) is 2.60. The minimum atomic E-state index is 0. The highest BCUT2D eigenvalue weighted by Crippen LogP contribution is 2.29. The molecule has 13 heavy (non-hydrogen) atoms. The summed E-state index contributed by atoms with van der Waals surface area (Å²) < 4.78 is 0. The van der Waals surface area contributed by atoms with Gasteiger partial charge in [0.2, 0.25) is 5.91 Å². The van der Waals surface area contributed by atoms with Gasteiger partial charge in [0, 0.05) is 32.6 Å². The number of carbonyl (C=O) groups excluding carboxylic acids is 1. The molecule has 1 saturated heterocycles. The predicted molar refractivity (Wildman–Crippen MR) is 54.0 cm³/mol. The average molecular weight is 205 g/mol. The van der Waals surface area contributed by atoms with E-state index in [1.165, 1.54) is 12.8 Å². The molecule has 0 unspecified atom stereocenters. The van der Waals surface area contributed by atoms with Gasteiger partial charge >= 0.3 is 0 Å². The van der Waals surface area contributed by atoms with Gasteiger partial charge in [0.25, 0.3) is 0 Å². The average Bonchev–Trinajstić information content (AvgIpc) is 2.84. The summed E-state index contributed by atoms with van der Waals surface area (Å²) in [4.78, 5) is 13.5. The largest absolute Gasteiger partial charge is 0.341 e. The van der Waals surface area contributed by atoms with E-state index in [0.717, 1.165) is 32.1 Å². The van der Waals surface area contributed by atoms with Crippen LogP contribution in [0.25, 0.3) is 0 Å². The Kier molecular flexibility index (Phi) is 4.00. The van der Waals surface area contributed by atoms with Crippen LogP contribution in [0.1, 0.15) is 19.3 Å². The minimum Gasteiger partial charge on any atom is -0.341 e. The van der Waals surface area contributed by atoms with Crippen LogP contribution >= 0.6 is 12.4 Å². The summed E-state index contributed by atoms with van der Waals surface area (Å²) in [6.45, 7) is 3.76. The van der Waals surface area contributed by atoms with E-state index in [-0.39, 0.29) is 12.4 Å². The molecule has 0 aromatic carbocycles. The smallest absolute Gasteiger partial charge is 0.223 e. The number of nitrogens with one attached hydrogen (secondary N) is 1. The first-order valence-electron chi connectivity index (χ1n) is 4.85. The van der Waals surface area contributed by atoms with Crippen molar-refractivity contribution in [3.05, 3.63) is 0 Å². The van der Waals surface area contributed by atoms with Crippen LogP contribution in [-0.4, -0.2) is 37.0 Å². The van der Waals surface area contributed by atoms with Crippen LogP contribution in [-0.2, 0) is 4.79 Å². The summed E-state index contributed by atoms with van der Waals surface area (Å²) in [6.07, 6.45) is 3.35. The van der Waals surface area contributed by atoms with Crippen LogP contribution in [0.3, 0.4) is 0 Å². The fourth-order valence-corrected chi connectivity index (χ4v) is 1.62. The second kappa shape index (κ2) is 4.82. The lowest BCUT2D eigenvalue weighted by atomic mass is 10.3. The highest BCUT2D eigenvalue weighted by Gasteiger charge is 2.26. The lowest BCUT2D eigenvalue weighted by Gasteiger charge is -2.19. The van der Waals surface area contributed by atoms with Crippen LogP contribution in [0.15, 0.2) is 0 Å². The fourth-order valence-electron chi connectivity index (χ4n) is 1.62. The molecule has 1 saturated carbocycles. The summed E-state index contributed by atoms with van der Waals surface area (Å²) in [5.41, 5.74) is 0. The van der Waals surface area contributed by atoms with Crippen molar-refractivity contribution in [2.75, 3.05) is 26.2 Å². The quantitative estimate of drug-likeness (QED) is 0.716. The standard InChI is InChI=1S/C9H16N2O.ClH/c12-9-3-4-10-5-6-11(9)7-8-1-2-8;/h8,10H,1-7H2;1H. The maximum absolute atomic E-state index is 11.5. The SMILES string of the molecule is Cl.O=C1CCNCCN1CC1CC1. The van der Waals surface area contributed by atoms with Gasteiger partial charge in [0.15, 0.2) is 0 Å². The van der Waals surface area contributed by atoms with Gasteiger partial charge in [-0.25, -0.2) is 0 Å². The highest BCUT2D eigenvalue weighted by atomic mass is 35.5. The fraction of sp³-hybridized carbons (Fsp3) is 0.889. The normalized spacial score (nSPS) is 23.7. The van der Waals surface area contributed by atoms with E-state index in [4.69, 9.17) is 0 Å². The Balaban J connectivity index is 0.000000845. The number of hydrogen-bond acceptors (Lipinski definition) is 2. The van der Waals surface area contributed by atoms with Gasteiger partial charge in [-0.1, -0.05) is 0 Å². The first-order chi connectivity index (χ1) is 5.86. The third-order valence-corrected chi connectivity index (χ3v) is 2.60. The Morgan fingerprint density at radius 3 is 2.85 bits per heavy atom. The molecule has 1 N–H and O–H groups in total. The molecule has 76 valence electrons. The maximum Gasteiger partial charge on any atom is 0.223 e. The minimum absolute atomic E-state index is 0. The monoisotopic (exact) mass is 204 g/mol. The first-order valence-corrected chi connectivity index (χ1v) is 4.85. The molecule has 0 aromatic rings. The van der Waals surface area contributed by atoms with Crippen molar-refractivity contribution in [1.82, 2.24) is 10.2 Å². The Bertz CT molecular complexity index is 182.